The van der Waals surface area contributed by atoms with E-state index in [1.807, 2.05) is 12.1 Å². The van der Waals surface area contributed by atoms with Crippen LogP contribution in [0.4, 0.5) is 5.82 Å². The lowest BCUT2D eigenvalue weighted by Crippen LogP contribution is -2.17. The van der Waals surface area contributed by atoms with Gasteiger partial charge in [-0.05, 0) is 25.0 Å². The number of nitrogen functional groups attached to an aromatic ring is 2. The first kappa shape index (κ1) is 12.5. The molecule has 0 spiro atoms. The number of anilines is 1. The molecular weight excluding hydrogens is 250 g/mol. The number of imidazole rings is 1. The molecule has 5 heteroatoms. The first-order chi connectivity index (χ1) is 9.70. The topological polar surface area (TPSA) is 93.6 Å². The van der Waals surface area contributed by atoms with Crippen molar-refractivity contribution in [3.05, 3.63) is 35.7 Å². The van der Waals surface area contributed by atoms with Crippen molar-refractivity contribution in [1.29, 1.82) is 5.26 Å². The van der Waals surface area contributed by atoms with Crippen LogP contribution >= 0.6 is 0 Å². The van der Waals surface area contributed by atoms with Gasteiger partial charge >= 0.3 is 0 Å². The Hall–Kier alpha value is -2.48. The van der Waals surface area contributed by atoms with Crippen molar-refractivity contribution >= 4 is 5.82 Å². The van der Waals surface area contributed by atoms with E-state index in [1.165, 1.54) is 17.5 Å². The van der Waals surface area contributed by atoms with Crippen LogP contribution in [0.3, 0.4) is 0 Å². The zero-order valence-corrected chi connectivity index (χ0v) is 11.2. The summed E-state index contributed by atoms with van der Waals surface area (Å²) in [7, 11) is 0. The first-order valence-electron chi connectivity index (χ1n) is 6.84. The van der Waals surface area contributed by atoms with Gasteiger partial charge in [-0.3, -0.25) is 0 Å². The van der Waals surface area contributed by atoms with E-state index in [1.54, 1.807) is 12.1 Å². The van der Waals surface area contributed by atoms with Crippen LogP contribution in [-0.4, -0.2) is 9.66 Å². The molecule has 20 heavy (non-hydrogen) atoms. The quantitative estimate of drug-likeness (QED) is 0.817. The number of hydrogen-bond acceptors (Lipinski definition) is 4. The van der Waals surface area contributed by atoms with E-state index in [0.717, 1.165) is 24.2 Å². The summed E-state index contributed by atoms with van der Waals surface area (Å²) < 4.78 is 1.50. The Bertz CT molecular complexity index is 674. The van der Waals surface area contributed by atoms with E-state index in [9.17, 15) is 0 Å². The maximum Gasteiger partial charge on any atom is 0.150 e. The molecular formula is C15H17N5. The maximum atomic E-state index is 8.98. The molecule has 0 bridgehead atoms. The molecule has 5 nitrogen and oxygen atoms in total. The number of nitriles is 1. The van der Waals surface area contributed by atoms with Crippen LogP contribution in [0.2, 0.25) is 0 Å². The number of benzene rings is 1. The highest BCUT2D eigenvalue weighted by Gasteiger charge is 2.25. The van der Waals surface area contributed by atoms with Crippen LogP contribution < -0.4 is 11.6 Å². The third kappa shape index (κ3) is 1.99. The number of nitrogens with two attached hydrogens (primary N) is 2. The standard InChI is InChI=1S/C15H17N5/c16-9-10-4-3-7-12(8-10)13-14(17)20(18)15(19-13)11-5-1-2-6-11/h3-4,7-8,11H,1-2,5-6,17-18H2. The van der Waals surface area contributed by atoms with Gasteiger partial charge in [0.1, 0.15) is 11.5 Å². The van der Waals surface area contributed by atoms with E-state index in [-0.39, 0.29) is 0 Å². The number of nitrogens with zero attached hydrogens (tertiary/aromatic N) is 3. The van der Waals surface area contributed by atoms with Crippen LogP contribution in [0, 0.1) is 11.3 Å². The molecule has 3 rings (SSSR count). The molecule has 0 unspecified atom stereocenters. The van der Waals surface area contributed by atoms with Gasteiger partial charge in [-0.25, -0.2) is 9.66 Å². The Kier molecular flexibility index (Phi) is 3.07. The van der Waals surface area contributed by atoms with Crippen molar-refractivity contribution < 1.29 is 0 Å². The molecule has 1 fully saturated rings. The minimum Gasteiger partial charge on any atom is -0.382 e. The molecule has 0 aliphatic heterocycles. The third-order valence-electron chi connectivity index (χ3n) is 3.96. The lowest BCUT2D eigenvalue weighted by atomic mass is 10.1. The van der Waals surface area contributed by atoms with Crippen LogP contribution in [-0.2, 0) is 0 Å². The second-order valence-corrected chi connectivity index (χ2v) is 5.25. The van der Waals surface area contributed by atoms with Gasteiger partial charge in [0.25, 0.3) is 0 Å². The normalized spacial score (nSPS) is 15.3. The van der Waals surface area contributed by atoms with Gasteiger partial charge in [0.05, 0.1) is 11.6 Å². The minimum absolute atomic E-state index is 0.398. The fourth-order valence-corrected chi connectivity index (χ4v) is 2.88. The fraction of sp³-hybridized carbons (Fsp3) is 0.333. The van der Waals surface area contributed by atoms with E-state index in [4.69, 9.17) is 16.8 Å². The molecule has 0 amide bonds. The summed E-state index contributed by atoms with van der Waals surface area (Å²) in [5.41, 5.74) is 8.19. The molecule has 2 aromatic rings. The predicted octanol–water partition coefficient (Wildman–Crippen LogP) is 2.38. The molecule has 102 valence electrons. The van der Waals surface area contributed by atoms with Gasteiger partial charge in [-0.2, -0.15) is 5.26 Å². The van der Waals surface area contributed by atoms with Crippen LogP contribution in [0.5, 0.6) is 0 Å². The highest BCUT2D eigenvalue weighted by molar-refractivity contribution is 5.72. The summed E-state index contributed by atoms with van der Waals surface area (Å²) in [4.78, 5) is 4.64. The molecule has 0 saturated heterocycles. The molecule has 1 saturated carbocycles. The van der Waals surface area contributed by atoms with Crippen molar-refractivity contribution in [2.45, 2.75) is 31.6 Å². The minimum atomic E-state index is 0.398. The van der Waals surface area contributed by atoms with Gasteiger partial charge in [-0.1, -0.05) is 25.0 Å². The lowest BCUT2D eigenvalue weighted by Gasteiger charge is -2.08. The molecule has 1 aromatic heterocycles. The molecule has 0 radical (unpaired) electrons. The van der Waals surface area contributed by atoms with Crippen molar-refractivity contribution in [2.24, 2.45) is 0 Å². The van der Waals surface area contributed by atoms with Crippen molar-refractivity contribution in [3.63, 3.8) is 0 Å². The van der Waals surface area contributed by atoms with Gasteiger partial charge in [0.2, 0.25) is 0 Å². The predicted molar refractivity (Wildman–Crippen MR) is 78.1 cm³/mol. The molecule has 0 atom stereocenters. The Balaban J connectivity index is 2.05. The largest absolute Gasteiger partial charge is 0.382 e. The number of hydrogen-bond donors (Lipinski definition) is 2. The Morgan fingerprint density at radius 2 is 2.05 bits per heavy atom. The highest BCUT2D eigenvalue weighted by Crippen LogP contribution is 2.36. The number of aromatic nitrogens is 2. The van der Waals surface area contributed by atoms with Crippen molar-refractivity contribution in [3.8, 4) is 17.3 Å². The van der Waals surface area contributed by atoms with Crippen LogP contribution in [0.1, 0.15) is 43.0 Å². The summed E-state index contributed by atoms with van der Waals surface area (Å²) in [6.45, 7) is 0. The SMILES string of the molecule is N#Cc1cccc(-c2nc(C3CCCC3)n(N)c2N)c1. The fourth-order valence-electron chi connectivity index (χ4n) is 2.88. The van der Waals surface area contributed by atoms with Crippen LogP contribution in [0.15, 0.2) is 24.3 Å². The average Bonchev–Trinajstić information content (AvgIpc) is 3.09. The van der Waals surface area contributed by atoms with E-state index < -0.39 is 0 Å². The molecule has 4 N–H and O–H groups in total. The first-order valence-corrected chi connectivity index (χ1v) is 6.84. The van der Waals surface area contributed by atoms with E-state index >= 15 is 0 Å². The van der Waals surface area contributed by atoms with Crippen LogP contribution in [0.25, 0.3) is 11.3 Å². The summed E-state index contributed by atoms with van der Waals surface area (Å²) >= 11 is 0. The summed E-state index contributed by atoms with van der Waals surface area (Å²) in [6.07, 6.45) is 4.67. The second-order valence-electron chi connectivity index (χ2n) is 5.25. The highest BCUT2D eigenvalue weighted by atomic mass is 15.4. The monoisotopic (exact) mass is 267 g/mol. The number of rotatable bonds is 2. The molecule has 1 heterocycles. The van der Waals surface area contributed by atoms with E-state index in [0.29, 0.717) is 23.0 Å². The molecule has 1 aromatic carbocycles. The maximum absolute atomic E-state index is 8.98. The summed E-state index contributed by atoms with van der Waals surface area (Å²) in [6, 6.07) is 9.41. The summed E-state index contributed by atoms with van der Waals surface area (Å²) in [5, 5.41) is 8.98. The smallest absolute Gasteiger partial charge is 0.150 e. The Labute approximate surface area is 117 Å². The lowest BCUT2D eigenvalue weighted by molar-refractivity contribution is 0.648. The summed E-state index contributed by atoms with van der Waals surface area (Å²) in [5.74, 6) is 7.77. The molecule has 1 aliphatic carbocycles. The Morgan fingerprint density at radius 3 is 2.75 bits per heavy atom. The van der Waals surface area contributed by atoms with Gasteiger partial charge < -0.3 is 11.6 Å². The van der Waals surface area contributed by atoms with Gasteiger partial charge in [-0.15, -0.1) is 0 Å². The van der Waals surface area contributed by atoms with Gasteiger partial charge in [0.15, 0.2) is 5.82 Å². The van der Waals surface area contributed by atoms with Crippen molar-refractivity contribution in [1.82, 2.24) is 9.66 Å². The van der Waals surface area contributed by atoms with E-state index in [2.05, 4.69) is 11.1 Å². The second kappa shape index (κ2) is 4.89. The van der Waals surface area contributed by atoms with Gasteiger partial charge in [0, 0.05) is 11.5 Å². The zero-order valence-electron chi connectivity index (χ0n) is 11.2. The molecule has 1 aliphatic rings. The van der Waals surface area contributed by atoms with Crippen molar-refractivity contribution in [2.75, 3.05) is 11.6 Å². The zero-order chi connectivity index (χ0) is 14.1. The third-order valence-corrected chi connectivity index (χ3v) is 3.96. The average molecular weight is 267 g/mol. The Morgan fingerprint density at radius 1 is 1.30 bits per heavy atom.